The number of nitrogens with zero attached hydrogens (tertiary/aromatic N) is 1. The van der Waals surface area contributed by atoms with Gasteiger partial charge in [0.1, 0.15) is 5.82 Å². The van der Waals surface area contributed by atoms with E-state index in [0.717, 1.165) is 70.3 Å². The molecule has 2 aliphatic heterocycles. The second-order valence-corrected chi connectivity index (χ2v) is 7.34. The molecule has 1 aromatic rings. The number of rotatable bonds is 2. The van der Waals surface area contributed by atoms with Crippen LogP contribution in [0.2, 0.25) is 0 Å². The molecule has 0 N–H and O–H groups in total. The first-order valence-corrected chi connectivity index (χ1v) is 8.82. The van der Waals surface area contributed by atoms with E-state index in [0.29, 0.717) is 0 Å². The molecule has 3 aliphatic rings. The molecule has 2 heterocycles. The standard InChI is InChI=1S/C19H24FNO2/c20-16-5-3-4-15(14-16)19(6-1-2-7-19)17(22)21-11-8-18(21)9-12-23-13-10-18/h3-5,14H,1-2,6-13H2. The van der Waals surface area contributed by atoms with Gasteiger partial charge in [-0.3, -0.25) is 4.79 Å². The van der Waals surface area contributed by atoms with Crippen LogP contribution in [0, 0.1) is 5.82 Å². The third-order valence-corrected chi connectivity index (χ3v) is 6.29. The molecule has 3 nitrogen and oxygen atoms in total. The third kappa shape index (κ3) is 2.30. The summed E-state index contributed by atoms with van der Waals surface area (Å²) in [5, 5.41) is 0. The molecule has 1 aliphatic carbocycles. The fourth-order valence-corrected chi connectivity index (χ4v) is 4.78. The van der Waals surface area contributed by atoms with Crippen LogP contribution in [0.4, 0.5) is 4.39 Å². The summed E-state index contributed by atoms with van der Waals surface area (Å²) in [6, 6.07) is 6.70. The van der Waals surface area contributed by atoms with Crippen molar-refractivity contribution in [3.8, 4) is 0 Å². The van der Waals surface area contributed by atoms with E-state index in [1.54, 1.807) is 12.1 Å². The van der Waals surface area contributed by atoms with Gasteiger partial charge in [-0.05, 0) is 49.8 Å². The lowest BCUT2D eigenvalue weighted by atomic mass is 9.72. The summed E-state index contributed by atoms with van der Waals surface area (Å²) in [5.41, 5.74) is 0.376. The van der Waals surface area contributed by atoms with Gasteiger partial charge in [-0.15, -0.1) is 0 Å². The molecule has 1 amide bonds. The molecular weight excluding hydrogens is 293 g/mol. The normalized spacial score (nSPS) is 25.3. The van der Waals surface area contributed by atoms with Crippen LogP contribution < -0.4 is 0 Å². The van der Waals surface area contributed by atoms with Crippen LogP contribution in [0.15, 0.2) is 24.3 Å². The lowest BCUT2D eigenvalue weighted by Crippen LogP contribution is -2.67. The zero-order chi connectivity index (χ0) is 15.9. The second kappa shape index (κ2) is 5.59. The second-order valence-electron chi connectivity index (χ2n) is 7.34. The predicted octanol–water partition coefficient (Wildman–Crippen LogP) is 3.42. The van der Waals surface area contributed by atoms with Gasteiger partial charge in [-0.2, -0.15) is 0 Å². The Hall–Kier alpha value is -1.42. The number of carbonyl (C=O) groups excluding carboxylic acids is 1. The molecular formula is C19H24FNO2. The lowest BCUT2D eigenvalue weighted by Gasteiger charge is -2.57. The number of halogens is 1. The van der Waals surface area contributed by atoms with Crippen molar-refractivity contribution in [3.05, 3.63) is 35.6 Å². The topological polar surface area (TPSA) is 29.5 Å². The van der Waals surface area contributed by atoms with Crippen LogP contribution in [-0.2, 0) is 14.9 Å². The van der Waals surface area contributed by atoms with Gasteiger partial charge in [-0.25, -0.2) is 4.39 Å². The van der Waals surface area contributed by atoms with E-state index in [1.807, 2.05) is 6.07 Å². The Morgan fingerprint density at radius 3 is 2.43 bits per heavy atom. The zero-order valence-corrected chi connectivity index (χ0v) is 13.5. The van der Waals surface area contributed by atoms with E-state index in [2.05, 4.69) is 4.90 Å². The predicted molar refractivity (Wildman–Crippen MR) is 85.7 cm³/mol. The highest BCUT2D eigenvalue weighted by Gasteiger charge is 2.54. The summed E-state index contributed by atoms with van der Waals surface area (Å²) in [4.78, 5) is 15.6. The van der Waals surface area contributed by atoms with Crippen molar-refractivity contribution in [1.82, 2.24) is 4.90 Å². The number of likely N-dealkylation sites (tertiary alicyclic amines) is 1. The molecule has 0 unspecified atom stereocenters. The van der Waals surface area contributed by atoms with Crippen molar-refractivity contribution in [2.45, 2.75) is 55.9 Å². The molecule has 124 valence electrons. The Kier molecular flexibility index (Phi) is 3.67. The average molecular weight is 317 g/mol. The first-order chi connectivity index (χ1) is 11.2. The van der Waals surface area contributed by atoms with Gasteiger partial charge < -0.3 is 9.64 Å². The van der Waals surface area contributed by atoms with E-state index in [4.69, 9.17) is 4.74 Å². The molecule has 0 atom stereocenters. The maximum atomic E-state index is 13.8. The van der Waals surface area contributed by atoms with E-state index >= 15 is 0 Å². The van der Waals surface area contributed by atoms with E-state index in [-0.39, 0.29) is 17.3 Å². The average Bonchev–Trinajstić information content (AvgIpc) is 3.06. The number of carbonyl (C=O) groups is 1. The number of hydrogen-bond acceptors (Lipinski definition) is 2. The number of hydrogen-bond donors (Lipinski definition) is 0. The molecule has 2 saturated heterocycles. The zero-order valence-electron chi connectivity index (χ0n) is 13.5. The van der Waals surface area contributed by atoms with Crippen LogP contribution in [0.5, 0.6) is 0 Å². The highest BCUT2D eigenvalue weighted by Crippen LogP contribution is 2.48. The number of ether oxygens (including phenoxy) is 1. The first-order valence-electron chi connectivity index (χ1n) is 8.82. The third-order valence-electron chi connectivity index (χ3n) is 6.29. The minimum Gasteiger partial charge on any atom is -0.381 e. The van der Waals surface area contributed by atoms with Crippen molar-refractivity contribution >= 4 is 5.91 Å². The quantitative estimate of drug-likeness (QED) is 0.836. The van der Waals surface area contributed by atoms with Crippen LogP contribution >= 0.6 is 0 Å². The molecule has 3 fully saturated rings. The maximum absolute atomic E-state index is 13.8. The monoisotopic (exact) mass is 317 g/mol. The Morgan fingerprint density at radius 2 is 1.83 bits per heavy atom. The van der Waals surface area contributed by atoms with Gasteiger partial charge >= 0.3 is 0 Å². The van der Waals surface area contributed by atoms with E-state index in [1.165, 1.54) is 6.07 Å². The fourth-order valence-electron chi connectivity index (χ4n) is 4.78. The van der Waals surface area contributed by atoms with Crippen molar-refractivity contribution in [1.29, 1.82) is 0 Å². The minimum atomic E-state index is -0.506. The van der Waals surface area contributed by atoms with Crippen molar-refractivity contribution in [3.63, 3.8) is 0 Å². The largest absolute Gasteiger partial charge is 0.381 e. The fraction of sp³-hybridized carbons (Fsp3) is 0.632. The summed E-state index contributed by atoms with van der Waals surface area (Å²) >= 11 is 0. The molecule has 0 aromatic heterocycles. The van der Waals surface area contributed by atoms with Crippen molar-refractivity contribution in [2.75, 3.05) is 19.8 Å². The van der Waals surface area contributed by atoms with Gasteiger partial charge in [0.25, 0.3) is 0 Å². The molecule has 0 radical (unpaired) electrons. The summed E-state index contributed by atoms with van der Waals surface area (Å²) < 4.78 is 19.2. The summed E-state index contributed by atoms with van der Waals surface area (Å²) in [7, 11) is 0. The van der Waals surface area contributed by atoms with Crippen LogP contribution in [0.1, 0.15) is 50.5 Å². The lowest BCUT2D eigenvalue weighted by molar-refractivity contribution is -0.162. The summed E-state index contributed by atoms with van der Waals surface area (Å²) in [6.45, 7) is 2.34. The Bertz CT molecular complexity index is 603. The highest BCUT2D eigenvalue weighted by molar-refractivity contribution is 5.90. The minimum absolute atomic E-state index is 0.0122. The van der Waals surface area contributed by atoms with Crippen LogP contribution in [0.25, 0.3) is 0 Å². The van der Waals surface area contributed by atoms with Gasteiger partial charge in [0.05, 0.1) is 5.41 Å². The smallest absolute Gasteiger partial charge is 0.233 e. The molecule has 1 aromatic carbocycles. The summed E-state index contributed by atoms with van der Waals surface area (Å²) in [6.07, 6.45) is 6.76. The van der Waals surface area contributed by atoms with E-state index in [9.17, 15) is 9.18 Å². The number of amides is 1. The Balaban J connectivity index is 1.66. The van der Waals surface area contributed by atoms with Gasteiger partial charge in [0.15, 0.2) is 0 Å². The molecule has 1 spiro atoms. The van der Waals surface area contributed by atoms with Crippen LogP contribution in [-0.4, -0.2) is 36.1 Å². The van der Waals surface area contributed by atoms with Crippen molar-refractivity contribution in [2.24, 2.45) is 0 Å². The molecule has 4 heteroatoms. The van der Waals surface area contributed by atoms with Gasteiger partial charge in [0.2, 0.25) is 5.91 Å². The van der Waals surface area contributed by atoms with E-state index < -0.39 is 5.41 Å². The molecule has 1 saturated carbocycles. The summed E-state index contributed by atoms with van der Waals surface area (Å²) in [5.74, 6) is -0.0142. The first kappa shape index (κ1) is 15.1. The molecule has 4 rings (SSSR count). The number of benzene rings is 1. The molecule has 0 bridgehead atoms. The van der Waals surface area contributed by atoms with Gasteiger partial charge in [0, 0.05) is 25.3 Å². The highest BCUT2D eigenvalue weighted by atomic mass is 19.1. The van der Waals surface area contributed by atoms with Gasteiger partial charge in [-0.1, -0.05) is 25.0 Å². The Labute approximate surface area is 136 Å². The molecule has 23 heavy (non-hydrogen) atoms. The van der Waals surface area contributed by atoms with Crippen molar-refractivity contribution < 1.29 is 13.9 Å². The SMILES string of the molecule is O=C(N1CCC12CCOCC2)C1(c2cccc(F)c2)CCCC1. The Morgan fingerprint density at radius 1 is 1.09 bits per heavy atom. The maximum Gasteiger partial charge on any atom is 0.233 e. The van der Waals surface area contributed by atoms with Crippen LogP contribution in [0.3, 0.4) is 0 Å².